The average molecular weight is 687 g/mol. The first-order chi connectivity index (χ1) is 24.2. The summed E-state index contributed by atoms with van der Waals surface area (Å²) in [6, 6.07) is 0. The molecule has 0 saturated carbocycles. The molecule has 0 rings (SSSR count). The molecule has 0 aliphatic rings. The lowest BCUT2D eigenvalue weighted by molar-refractivity contribution is -0.154. The maximum atomic E-state index is 12.2. The van der Waals surface area contributed by atoms with Gasteiger partial charge in [0.2, 0.25) is 0 Å². The number of allylic oxidation sites excluding steroid dienone is 8. The Morgan fingerprint density at radius 3 is 1.39 bits per heavy atom. The molecule has 1 atom stereocenters. The fourth-order valence-corrected chi connectivity index (χ4v) is 6.03. The van der Waals surface area contributed by atoms with E-state index in [9.17, 15) is 9.90 Å². The first-order valence-electron chi connectivity index (χ1n) is 21.2. The summed E-state index contributed by atoms with van der Waals surface area (Å²) in [4.78, 5) is 12.2. The fraction of sp³-hybridized carbons (Fsp3) is 0.800. The summed E-state index contributed by atoms with van der Waals surface area (Å²) in [5, 5.41) is 9.58. The van der Waals surface area contributed by atoms with E-state index < -0.39 is 6.10 Å². The van der Waals surface area contributed by atoms with Gasteiger partial charge in [-0.1, -0.05) is 197 Å². The lowest BCUT2D eigenvalue weighted by Gasteiger charge is -2.16. The van der Waals surface area contributed by atoms with Crippen LogP contribution >= 0.6 is 0 Å². The van der Waals surface area contributed by atoms with Crippen molar-refractivity contribution >= 4 is 5.97 Å². The molecule has 0 fully saturated rings. The molecule has 0 aromatic rings. The van der Waals surface area contributed by atoms with Gasteiger partial charge in [-0.2, -0.15) is 0 Å². The van der Waals surface area contributed by atoms with Crippen LogP contribution in [0.25, 0.3) is 0 Å². The van der Waals surface area contributed by atoms with Gasteiger partial charge in [-0.25, -0.2) is 0 Å². The summed E-state index contributed by atoms with van der Waals surface area (Å²) in [6.07, 6.45) is 54.5. The molecule has 1 N–H and O–H groups in total. The Morgan fingerprint density at radius 1 is 0.510 bits per heavy atom. The monoisotopic (exact) mass is 687 g/mol. The van der Waals surface area contributed by atoms with Gasteiger partial charge in [0.25, 0.3) is 0 Å². The number of ether oxygens (including phenoxy) is 2. The molecule has 0 bridgehead atoms. The number of aliphatic hydroxyl groups excluding tert-OH is 1. The van der Waals surface area contributed by atoms with Crippen LogP contribution < -0.4 is 0 Å². The van der Waals surface area contributed by atoms with E-state index in [0.717, 1.165) is 44.9 Å². The third-order valence-electron chi connectivity index (χ3n) is 9.17. The van der Waals surface area contributed by atoms with Gasteiger partial charge in [-0.3, -0.25) is 4.79 Å². The lowest BCUT2D eigenvalue weighted by Crippen LogP contribution is -2.27. The van der Waals surface area contributed by atoms with Crippen molar-refractivity contribution in [3.8, 4) is 0 Å². The van der Waals surface area contributed by atoms with Crippen molar-refractivity contribution in [3.63, 3.8) is 0 Å². The van der Waals surface area contributed by atoms with Crippen molar-refractivity contribution in [3.05, 3.63) is 48.6 Å². The van der Waals surface area contributed by atoms with Gasteiger partial charge >= 0.3 is 5.97 Å². The average Bonchev–Trinajstić information content (AvgIpc) is 3.11. The van der Waals surface area contributed by atoms with Crippen LogP contribution in [0.5, 0.6) is 0 Å². The highest BCUT2D eigenvalue weighted by Crippen LogP contribution is 2.14. The molecular formula is C45H82O4. The molecule has 0 aliphatic heterocycles. The van der Waals surface area contributed by atoms with Crippen molar-refractivity contribution in [1.82, 2.24) is 0 Å². The predicted octanol–water partition coefficient (Wildman–Crippen LogP) is 13.9. The third-order valence-corrected chi connectivity index (χ3v) is 9.17. The second-order valence-corrected chi connectivity index (χ2v) is 14.0. The zero-order valence-electron chi connectivity index (χ0n) is 32.7. The number of esters is 1. The molecule has 286 valence electrons. The van der Waals surface area contributed by atoms with Crippen molar-refractivity contribution in [2.75, 3.05) is 19.8 Å². The lowest BCUT2D eigenvalue weighted by atomic mass is 10.0. The fourth-order valence-electron chi connectivity index (χ4n) is 6.03. The number of aliphatic hydroxyl groups is 1. The van der Waals surface area contributed by atoms with Crippen LogP contribution in [0.1, 0.15) is 206 Å². The van der Waals surface area contributed by atoms with Crippen molar-refractivity contribution < 1.29 is 19.4 Å². The Hall–Kier alpha value is -1.65. The van der Waals surface area contributed by atoms with Gasteiger partial charge in [0.15, 0.2) is 0 Å². The second-order valence-electron chi connectivity index (χ2n) is 14.0. The Morgan fingerprint density at radius 2 is 0.918 bits per heavy atom. The highest BCUT2D eigenvalue weighted by molar-refractivity contribution is 5.69. The van der Waals surface area contributed by atoms with E-state index in [4.69, 9.17) is 9.47 Å². The first kappa shape index (κ1) is 47.4. The standard InChI is InChI=1S/C45H82O4/c1-3-5-7-9-11-13-15-17-18-19-20-21-22-23-24-25-26-27-28-29-30-32-34-36-38-40-45(47)49-44(42-46)43-48-41-39-37-35-33-31-16-14-12-10-8-6-4-2/h5,7,11,13,17-18,20-21,44,46H,3-4,6,8-10,12,14-16,19,22-43H2,1-2H3/b7-5-,13-11-,18-17-,21-20-. The van der Waals surface area contributed by atoms with Crippen LogP contribution in [0.2, 0.25) is 0 Å². The highest BCUT2D eigenvalue weighted by atomic mass is 16.6. The molecule has 0 spiro atoms. The molecule has 0 saturated heterocycles. The molecule has 0 aliphatic carbocycles. The molecule has 49 heavy (non-hydrogen) atoms. The van der Waals surface area contributed by atoms with Crippen LogP contribution in [0.4, 0.5) is 0 Å². The minimum atomic E-state index is -0.532. The first-order valence-corrected chi connectivity index (χ1v) is 21.2. The van der Waals surface area contributed by atoms with Crippen molar-refractivity contribution in [1.29, 1.82) is 0 Å². The second kappa shape index (κ2) is 42.5. The van der Waals surface area contributed by atoms with E-state index in [1.807, 2.05) is 0 Å². The molecule has 4 nitrogen and oxygen atoms in total. The maximum Gasteiger partial charge on any atom is 0.306 e. The van der Waals surface area contributed by atoms with Crippen molar-refractivity contribution in [2.45, 2.75) is 213 Å². The van der Waals surface area contributed by atoms with Crippen LogP contribution in [0.3, 0.4) is 0 Å². The zero-order chi connectivity index (χ0) is 35.6. The van der Waals surface area contributed by atoms with Crippen LogP contribution in [0.15, 0.2) is 48.6 Å². The normalized spacial score (nSPS) is 12.8. The Kier molecular flexibility index (Phi) is 41.1. The van der Waals surface area contributed by atoms with Gasteiger partial charge in [0, 0.05) is 13.0 Å². The summed E-state index contributed by atoms with van der Waals surface area (Å²) in [7, 11) is 0. The van der Waals surface area contributed by atoms with Gasteiger partial charge in [0.05, 0.1) is 13.2 Å². The number of unbranched alkanes of at least 4 members (excludes halogenated alkanes) is 23. The number of carbonyl (C=O) groups excluding carboxylic acids is 1. The molecule has 0 amide bonds. The predicted molar refractivity (Wildman–Crippen MR) is 214 cm³/mol. The van der Waals surface area contributed by atoms with E-state index in [0.29, 0.717) is 19.6 Å². The molecule has 0 heterocycles. The van der Waals surface area contributed by atoms with E-state index in [1.165, 1.54) is 141 Å². The molecular weight excluding hydrogens is 604 g/mol. The topological polar surface area (TPSA) is 55.8 Å². The maximum absolute atomic E-state index is 12.2. The van der Waals surface area contributed by atoms with Gasteiger partial charge < -0.3 is 14.6 Å². The smallest absolute Gasteiger partial charge is 0.306 e. The summed E-state index contributed by atoms with van der Waals surface area (Å²) in [6.45, 7) is 5.25. The number of carbonyl (C=O) groups is 1. The quantitative estimate of drug-likeness (QED) is 0.0397. The molecule has 0 aromatic heterocycles. The van der Waals surface area contributed by atoms with Gasteiger partial charge in [0.1, 0.15) is 6.10 Å². The largest absolute Gasteiger partial charge is 0.457 e. The van der Waals surface area contributed by atoms with E-state index >= 15 is 0 Å². The van der Waals surface area contributed by atoms with Crippen LogP contribution in [0, 0.1) is 0 Å². The number of hydrogen-bond donors (Lipinski definition) is 1. The minimum Gasteiger partial charge on any atom is -0.457 e. The Labute approximate surface area is 305 Å². The van der Waals surface area contributed by atoms with E-state index in [2.05, 4.69) is 62.5 Å². The van der Waals surface area contributed by atoms with Gasteiger partial charge in [-0.05, 0) is 51.4 Å². The number of rotatable bonds is 39. The van der Waals surface area contributed by atoms with Crippen molar-refractivity contribution in [2.24, 2.45) is 0 Å². The minimum absolute atomic E-state index is 0.170. The molecule has 1 unspecified atom stereocenters. The molecule has 0 aromatic carbocycles. The Balaban J connectivity index is 3.42. The molecule has 4 heteroatoms. The summed E-state index contributed by atoms with van der Waals surface area (Å²) in [5.41, 5.74) is 0. The summed E-state index contributed by atoms with van der Waals surface area (Å²) in [5.74, 6) is -0.202. The number of hydrogen-bond acceptors (Lipinski definition) is 4. The van der Waals surface area contributed by atoms with E-state index in [-0.39, 0.29) is 12.6 Å². The SMILES string of the molecule is CC/C=C\C/C=C\C/C=C\C/C=C\CCCCCCCCCCCCCCC(=O)OC(CO)COCCCCCCCCCCCCCC. The third kappa shape index (κ3) is 40.7. The zero-order valence-corrected chi connectivity index (χ0v) is 32.7. The Bertz CT molecular complexity index is 768. The highest BCUT2D eigenvalue weighted by Gasteiger charge is 2.13. The summed E-state index contributed by atoms with van der Waals surface area (Å²) < 4.78 is 11.1. The summed E-state index contributed by atoms with van der Waals surface area (Å²) >= 11 is 0. The molecule has 0 radical (unpaired) electrons. The van der Waals surface area contributed by atoms with Gasteiger partial charge in [-0.15, -0.1) is 0 Å². The van der Waals surface area contributed by atoms with E-state index in [1.54, 1.807) is 0 Å². The van der Waals surface area contributed by atoms with Crippen LogP contribution in [-0.2, 0) is 14.3 Å². The van der Waals surface area contributed by atoms with Crippen LogP contribution in [-0.4, -0.2) is 37.0 Å².